The first kappa shape index (κ1) is 18.3. The molecule has 0 aliphatic rings. The van der Waals surface area contributed by atoms with Gasteiger partial charge < -0.3 is 0 Å². The van der Waals surface area contributed by atoms with Gasteiger partial charge in [-0.15, -0.1) is 0 Å². The second-order valence-electron chi connectivity index (χ2n) is 5.61. The van der Waals surface area contributed by atoms with Crippen LogP contribution < -0.4 is 68.4 Å². The zero-order valence-corrected chi connectivity index (χ0v) is 18.4. The summed E-state index contributed by atoms with van der Waals surface area (Å²) in [6, 6.07) is 0. The zero-order chi connectivity index (χ0) is 18.8. The van der Waals surface area contributed by atoms with Gasteiger partial charge in [-0.25, -0.2) is 0 Å². The van der Waals surface area contributed by atoms with Gasteiger partial charge in [-0.1, -0.05) is 0 Å². The van der Waals surface area contributed by atoms with Crippen molar-refractivity contribution in [3.05, 3.63) is 3.57 Å². The van der Waals surface area contributed by atoms with Gasteiger partial charge in [0.1, 0.15) is 0 Å². The zero-order valence-electron chi connectivity index (χ0n) is 13.0. The molecule has 1 atom stereocenters. The third kappa shape index (κ3) is 2.27. The number of fused-ring (bicyclic) bond motifs is 2. The second-order valence-corrected chi connectivity index (χ2v) is 10.4. The quantitative estimate of drug-likeness (QED) is 0.0679. The molecule has 16 N–H and O–H groups in total. The molecule has 0 aromatic heterocycles. The van der Waals surface area contributed by atoms with Crippen LogP contribution in [0.25, 0.3) is 21.5 Å². The molecule has 0 radical (unpaired) electrons. The Kier molecular flexibility index (Phi) is 4.40. The summed E-state index contributed by atoms with van der Waals surface area (Å²) in [6.07, 6.45) is 0. The summed E-state index contributed by atoms with van der Waals surface area (Å²) in [4.78, 5) is 0. The van der Waals surface area contributed by atoms with Crippen LogP contribution in [0.3, 0.4) is 0 Å². The summed E-state index contributed by atoms with van der Waals surface area (Å²) in [5.41, 5.74) is 51.8. The minimum absolute atomic E-state index is 0.251. The molecule has 0 aliphatic heterocycles. The van der Waals surface area contributed by atoms with Crippen molar-refractivity contribution >= 4 is 100 Å². The number of nitrogen functional groups attached to an aromatic ring is 8. The van der Waals surface area contributed by atoms with Crippen LogP contribution >= 0.6 is 27.9 Å². The van der Waals surface area contributed by atoms with Crippen LogP contribution in [0.4, 0.5) is 45.5 Å². The Labute approximate surface area is 166 Å². The molecular weight excluding hydrogens is 565 g/mol. The molecule has 1 unspecified atom stereocenters. The summed E-state index contributed by atoms with van der Waals surface area (Å²) in [7, 11) is 2.64. The molecule has 11 heteroatoms. The Bertz CT molecular complexity index is 1000. The van der Waals surface area contributed by atoms with Crippen LogP contribution in [0, 0.1) is 3.57 Å². The molecular formula is C14H18I2N8P-. The summed E-state index contributed by atoms with van der Waals surface area (Å²) in [6.45, 7) is 0. The molecule has 3 aromatic carbocycles. The first-order chi connectivity index (χ1) is 11.6. The fourth-order valence-electron chi connectivity index (χ4n) is 2.99. The Morgan fingerprint density at radius 3 is 1.08 bits per heavy atom. The van der Waals surface area contributed by atoms with E-state index in [4.69, 9.17) is 45.9 Å². The first-order valence-electron chi connectivity index (χ1n) is 6.93. The standard InChI is InChI=1S/C14H18I2N8P/c15-16-5-1-3(8(19)12(23)10(21)6(1)17)14(25)4-2(5)7(18)11(22)13(24)9(4)20/h17-25H2/q-1. The summed E-state index contributed by atoms with van der Waals surface area (Å²) in [5.74, 6) is 0. The van der Waals surface area contributed by atoms with Crippen LogP contribution in [0.5, 0.6) is 0 Å². The molecule has 3 rings (SSSR count). The van der Waals surface area contributed by atoms with Crippen LogP contribution in [-0.2, 0) is 0 Å². The summed E-state index contributed by atoms with van der Waals surface area (Å²) >= 11 is 1.81. The van der Waals surface area contributed by atoms with Crippen molar-refractivity contribution in [3.8, 4) is 0 Å². The normalized spacial score (nSPS) is 11.6. The average Bonchev–Trinajstić information content (AvgIpc) is 2.59. The second kappa shape index (κ2) is 6.02. The number of benzene rings is 3. The molecule has 0 amide bonds. The van der Waals surface area contributed by atoms with Crippen molar-refractivity contribution in [2.24, 2.45) is 0 Å². The Balaban J connectivity index is 2.84. The Hall–Kier alpha value is -1.53. The predicted molar refractivity (Wildman–Crippen MR) is 119 cm³/mol. The van der Waals surface area contributed by atoms with Gasteiger partial charge in [0.05, 0.1) is 0 Å². The fraction of sp³-hybridized carbons (Fsp3) is 0. The van der Waals surface area contributed by atoms with Gasteiger partial charge >= 0.3 is 167 Å². The van der Waals surface area contributed by atoms with Crippen molar-refractivity contribution in [2.75, 3.05) is 45.9 Å². The van der Waals surface area contributed by atoms with E-state index in [2.05, 4.69) is 27.9 Å². The molecule has 0 fully saturated rings. The van der Waals surface area contributed by atoms with Gasteiger partial charge in [0.2, 0.25) is 0 Å². The van der Waals surface area contributed by atoms with Crippen molar-refractivity contribution in [2.45, 2.75) is 0 Å². The number of hydrogen-bond donors (Lipinski definition) is 8. The van der Waals surface area contributed by atoms with E-state index >= 15 is 0 Å². The molecule has 0 saturated heterocycles. The molecule has 0 heterocycles. The summed E-state index contributed by atoms with van der Waals surface area (Å²) < 4.78 is 0.947. The van der Waals surface area contributed by atoms with E-state index in [0.717, 1.165) is 19.6 Å². The van der Waals surface area contributed by atoms with Crippen LogP contribution in [0.15, 0.2) is 0 Å². The molecule has 0 spiro atoms. The number of nitrogens with two attached hydrogens (primary N) is 8. The van der Waals surface area contributed by atoms with E-state index in [9.17, 15) is 0 Å². The minimum atomic E-state index is -0.515. The molecule has 3 aromatic rings. The fourth-order valence-corrected chi connectivity index (χ4v) is 7.86. The van der Waals surface area contributed by atoms with Crippen molar-refractivity contribution in [1.29, 1.82) is 0 Å². The molecule has 8 nitrogen and oxygen atoms in total. The third-order valence-corrected chi connectivity index (χ3v) is 9.17. The number of rotatable bonds is 1. The molecule has 0 bridgehead atoms. The first-order valence-corrected chi connectivity index (χ1v) is 14.9. The molecule has 0 saturated carbocycles. The number of halogens is 2. The van der Waals surface area contributed by atoms with Gasteiger partial charge in [-0.3, -0.25) is 0 Å². The average molecular weight is 583 g/mol. The van der Waals surface area contributed by atoms with Crippen LogP contribution in [-0.4, -0.2) is 0 Å². The molecule has 0 aliphatic carbocycles. The van der Waals surface area contributed by atoms with Crippen LogP contribution in [0.1, 0.15) is 0 Å². The van der Waals surface area contributed by atoms with Gasteiger partial charge in [-0.2, -0.15) is 0 Å². The van der Waals surface area contributed by atoms with Crippen molar-refractivity contribution < 1.29 is 17.2 Å². The number of anilines is 8. The topological polar surface area (TPSA) is 208 Å². The van der Waals surface area contributed by atoms with E-state index in [0.29, 0.717) is 33.5 Å². The van der Waals surface area contributed by atoms with Crippen molar-refractivity contribution in [1.82, 2.24) is 0 Å². The third-order valence-electron chi connectivity index (χ3n) is 4.37. The van der Waals surface area contributed by atoms with E-state index < -0.39 is 17.2 Å². The monoisotopic (exact) mass is 583 g/mol. The van der Waals surface area contributed by atoms with E-state index in [1.165, 1.54) is 0 Å². The summed E-state index contributed by atoms with van der Waals surface area (Å²) in [5, 5.41) is 3.61. The van der Waals surface area contributed by atoms with E-state index in [1.54, 1.807) is 0 Å². The van der Waals surface area contributed by atoms with Crippen LogP contribution in [0.2, 0.25) is 0 Å². The molecule has 134 valence electrons. The Morgan fingerprint density at radius 1 is 0.520 bits per heavy atom. The molecule has 25 heavy (non-hydrogen) atoms. The maximum atomic E-state index is 6.30. The van der Waals surface area contributed by atoms with Gasteiger partial charge in [0.15, 0.2) is 0 Å². The van der Waals surface area contributed by atoms with Gasteiger partial charge in [0, 0.05) is 0 Å². The van der Waals surface area contributed by atoms with Gasteiger partial charge in [-0.05, 0) is 0 Å². The van der Waals surface area contributed by atoms with Gasteiger partial charge in [0.25, 0.3) is 0 Å². The Morgan fingerprint density at radius 2 is 0.800 bits per heavy atom. The van der Waals surface area contributed by atoms with E-state index in [-0.39, 0.29) is 22.7 Å². The predicted octanol–water partition coefficient (Wildman–Crippen LogP) is -2.24. The maximum absolute atomic E-state index is 6.30. The van der Waals surface area contributed by atoms with E-state index in [1.807, 2.05) is 0 Å². The SMILES string of the molecule is Nc1c(N)c(N)c2c([I-]I)c3c(N)c(N)c(N)c(N)c3c(P)c2c1N. The number of hydrogen-bond acceptors (Lipinski definition) is 8. The van der Waals surface area contributed by atoms with Crippen molar-refractivity contribution in [3.63, 3.8) is 0 Å².